The summed E-state index contributed by atoms with van der Waals surface area (Å²) in [6.07, 6.45) is 0.849. The number of rotatable bonds is 1. The lowest BCUT2D eigenvalue weighted by Gasteiger charge is -2.31. The van der Waals surface area contributed by atoms with Crippen molar-refractivity contribution in [2.75, 3.05) is 0 Å². The molecule has 1 amide bonds. The molecule has 0 spiro atoms. The molecular formula is C12H17NO3. The summed E-state index contributed by atoms with van der Waals surface area (Å²) in [5.74, 6) is 0.314. The molecule has 4 heteroatoms. The van der Waals surface area contributed by atoms with Gasteiger partial charge in [-0.3, -0.25) is 4.79 Å². The van der Waals surface area contributed by atoms with Crippen molar-refractivity contribution >= 4 is 5.91 Å². The Bertz CT molecular complexity index is 445. The Kier molecular flexibility index (Phi) is 2.35. The molecule has 1 aromatic rings. The van der Waals surface area contributed by atoms with Gasteiger partial charge >= 0.3 is 0 Å². The molecule has 2 rings (SSSR count). The van der Waals surface area contributed by atoms with Crippen molar-refractivity contribution in [1.82, 2.24) is 0 Å². The van der Waals surface area contributed by atoms with Crippen LogP contribution in [0, 0.1) is 12.3 Å². The van der Waals surface area contributed by atoms with E-state index in [-0.39, 0.29) is 11.2 Å². The lowest BCUT2D eigenvalue weighted by atomic mass is 9.75. The Balaban J connectivity index is 2.54. The summed E-state index contributed by atoms with van der Waals surface area (Å²) in [6.45, 7) is 5.91. The van der Waals surface area contributed by atoms with E-state index in [1.54, 1.807) is 6.92 Å². The number of hydrogen-bond acceptors (Lipinski definition) is 3. The second-order valence-corrected chi connectivity index (χ2v) is 5.32. The van der Waals surface area contributed by atoms with Gasteiger partial charge in [0.15, 0.2) is 5.76 Å². The highest BCUT2D eigenvalue weighted by atomic mass is 16.4. The highest BCUT2D eigenvalue weighted by molar-refractivity contribution is 5.92. The van der Waals surface area contributed by atoms with Crippen LogP contribution in [0.5, 0.6) is 0 Å². The molecule has 1 aliphatic carbocycles. The lowest BCUT2D eigenvalue weighted by molar-refractivity contribution is 0.0904. The van der Waals surface area contributed by atoms with E-state index in [9.17, 15) is 9.90 Å². The number of hydrogen-bond donors (Lipinski definition) is 2. The predicted molar refractivity (Wildman–Crippen MR) is 59.0 cm³/mol. The summed E-state index contributed by atoms with van der Waals surface area (Å²) >= 11 is 0. The zero-order valence-corrected chi connectivity index (χ0v) is 9.83. The number of aliphatic hydroxyl groups excluding tert-OH is 1. The second kappa shape index (κ2) is 3.35. The van der Waals surface area contributed by atoms with Crippen LogP contribution < -0.4 is 5.73 Å². The normalized spacial score (nSPS) is 22.9. The van der Waals surface area contributed by atoms with Crippen molar-refractivity contribution < 1.29 is 14.3 Å². The fourth-order valence-corrected chi connectivity index (χ4v) is 2.52. The Hall–Kier alpha value is -1.29. The first-order valence-corrected chi connectivity index (χ1v) is 5.42. The van der Waals surface area contributed by atoms with Crippen molar-refractivity contribution in [3.05, 3.63) is 22.6 Å². The van der Waals surface area contributed by atoms with E-state index in [1.165, 1.54) is 0 Å². The van der Waals surface area contributed by atoms with Crippen LogP contribution in [0.25, 0.3) is 0 Å². The van der Waals surface area contributed by atoms with Gasteiger partial charge in [0.2, 0.25) is 0 Å². The number of nitrogens with two attached hydrogens (primary N) is 1. The molecule has 4 nitrogen and oxygen atoms in total. The monoisotopic (exact) mass is 223 g/mol. The van der Waals surface area contributed by atoms with E-state index in [4.69, 9.17) is 10.2 Å². The van der Waals surface area contributed by atoms with Crippen molar-refractivity contribution in [2.45, 2.75) is 39.7 Å². The summed E-state index contributed by atoms with van der Waals surface area (Å²) in [5, 5.41) is 10.1. The van der Waals surface area contributed by atoms with Crippen molar-refractivity contribution in [2.24, 2.45) is 11.1 Å². The lowest BCUT2D eigenvalue weighted by Crippen LogP contribution is -2.24. The average Bonchev–Trinajstić information content (AvgIpc) is 2.40. The molecule has 16 heavy (non-hydrogen) atoms. The van der Waals surface area contributed by atoms with Crippen LogP contribution in [-0.2, 0) is 6.42 Å². The minimum atomic E-state index is -0.572. The van der Waals surface area contributed by atoms with Crippen LogP contribution in [0.15, 0.2) is 4.42 Å². The molecule has 0 bridgehead atoms. The molecule has 0 radical (unpaired) electrons. The van der Waals surface area contributed by atoms with Gasteiger partial charge in [-0.05, 0) is 18.8 Å². The summed E-state index contributed by atoms with van der Waals surface area (Å²) < 4.78 is 5.47. The SMILES string of the molecule is Cc1c(C(N)=O)oc2c1C(O)CC(C)(C)C2. The largest absolute Gasteiger partial charge is 0.455 e. The van der Waals surface area contributed by atoms with Gasteiger partial charge in [-0.25, -0.2) is 0 Å². The predicted octanol–water partition coefficient (Wildman–Crippen LogP) is 1.69. The highest BCUT2D eigenvalue weighted by Gasteiger charge is 2.36. The standard InChI is InChI=1S/C12H17NO3/c1-6-9-7(14)4-12(2,3)5-8(9)16-10(6)11(13)15/h7,14H,4-5H2,1-3H3,(H2,13,15). The Morgan fingerprint density at radius 2 is 2.19 bits per heavy atom. The summed E-state index contributed by atoms with van der Waals surface area (Å²) in [5.41, 5.74) is 6.66. The fraction of sp³-hybridized carbons (Fsp3) is 0.583. The van der Waals surface area contributed by atoms with Crippen molar-refractivity contribution in [3.63, 3.8) is 0 Å². The maximum absolute atomic E-state index is 11.2. The molecule has 0 saturated heterocycles. The number of amides is 1. The molecule has 0 fully saturated rings. The van der Waals surface area contributed by atoms with E-state index in [1.807, 2.05) is 0 Å². The molecule has 1 aliphatic rings. The van der Waals surface area contributed by atoms with E-state index in [2.05, 4.69) is 13.8 Å². The molecule has 1 heterocycles. The number of carbonyl (C=O) groups excluding carboxylic acids is 1. The quantitative estimate of drug-likeness (QED) is 0.760. The molecule has 1 atom stereocenters. The number of carbonyl (C=O) groups is 1. The van der Waals surface area contributed by atoms with Crippen molar-refractivity contribution in [3.8, 4) is 0 Å². The topological polar surface area (TPSA) is 76.5 Å². The van der Waals surface area contributed by atoms with Crippen LogP contribution in [0.4, 0.5) is 0 Å². The van der Waals surface area contributed by atoms with E-state index in [0.29, 0.717) is 17.7 Å². The van der Waals surface area contributed by atoms with Gasteiger partial charge in [0, 0.05) is 17.5 Å². The summed E-state index contributed by atoms with van der Waals surface area (Å²) in [7, 11) is 0. The third kappa shape index (κ3) is 1.63. The zero-order valence-electron chi connectivity index (χ0n) is 9.83. The first-order valence-electron chi connectivity index (χ1n) is 5.42. The third-order valence-corrected chi connectivity index (χ3v) is 3.21. The minimum absolute atomic E-state index is 0.00831. The molecule has 0 saturated carbocycles. The molecule has 1 aromatic heterocycles. The molecule has 3 N–H and O–H groups in total. The van der Waals surface area contributed by atoms with Crippen LogP contribution in [0.1, 0.15) is 53.8 Å². The molecule has 1 unspecified atom stereocenters. The first kappa shape index (κ1) is 11.2. The summed E-state index contributed by atoms with van der Waals surface area (Å²) in [6, 6.07) is 0. The average molecular weight is 223 g/mol. The maximum Gasteiger partial charge on any atom is 0.284 e. The van der Waals surface area contributed by atoms with Gasteiger partial charge < -0.3 is 15.3 Å². The molecule has 0 aromatic carbocycles. The van der Waals surface area contributed by atoms with Gasteiger partial charge in [0.25, 0.3) is 5.91 Å². The number of primary amides is 1. The van der Waals surface area contributed by atoms with Crippen LogP contribution in [0.2, 0.25) is 0 Å². The Morgan fingerprint density at radius 3 is 2.75 bits per heavy atom. The van der Waals surface area contributed by atoms with Crippen LogP contribution in [-0.4, -0.2) is 11.0 Å². The van der Waals surface area contributed by atoms with Gasteiger partial charge in [-0.1, -0.05) is 13.8 Å². The zero-order chi connectivity index (χ0) is 12.1. The molecule has 88 valence electrons. The van der Waals surface area contributed by atoms with E-state index >= 15 is 0 Å². The number of fused-ring (bicyclic) bond motifs is 1. The second-order valence-electron chi connectivity index (χ2n) is 5.32. The summed E-state index contributed by atoms with van der Waals surface area (Å²) in [4.78, 5) is 11.2. The smallest absolute Gasteiger partial charge is 0.284 e. The number of furan rings is 1. The van der Waals surface area contributed by atoms with Crippen LogP contribution in [0.3, 0.4) is 0 Å². The Morgan fingerprint density at radius 1 is 1.56 bits per heavy atom. The third-order valence-electron chi connectivity index (χ3n) is 3.21. The van der Waals surface area contributed by atoms with Gasteiger partial charge in [0.05, 0.1) is 6.10 Å². The van der Waals surface area contributed by atoms with Gasteiger partial charge in [-0.15, -0.1) is 0 Å². The maximum atomic E-state index is 11.2. The first-order chi connectivity index (χ1) is 7.32. The van der Waals surface area contributed by atoms with Crippen LogP contribution >= 0.6 is 0 Å². The number of aliphatic hydroxyl groups is 1. The van der Waals surface area contributed by atoms with Gasteiger partial charge in [-0.2, -0.15) is 0 Å². The molecule has 0 aliphatic heterocycles. The van der Waals surface area contributed by atoms with E-state index < -0.39 is 12.0 Å². The highest BCUT2D eigenvalue weighted by Crippen LogP contribution is 2.43. The Labute approximate surface area is 94.4 Å². The molecular weight excluding hydrogens is 206 g/mol. The fourth-order valence-electron chi connectivity index (χ4n) is 2.52. The minimum Gasteiger partial charge on any atom is -0.455 e. The van der Waals surface area contributed by atoms with Gasteiger partial charge in [0.1, 0.15) is 5.76 Å². The van der Waals surface area contributed by atoms with E-state index in [0.717, 1.165) is 12.0 Å². The van der Waals surface area contributed by atoms with Crippen molar-refractivity contribution in [1.29, 1.82) is 0 Å².